The number of carbonyl (C=O) groups excluding carboxylic acids is 3. The quantitative estimate of drug-likeness (QED) is 0.669. The van der Waals surface area contributed by atoms with Gasteiger partial charge in [-0.1, -0.05) is 0 Å². The summed E-state index contributed by atoms with van der Waals surface area (Å²) in [5.41, 5.74) is 0.318. The molecular formula is C16H22N2O6. The topological polar surface area (TPSA) is 103 Å². The lowest BCUT2D eigenvalue weighted by Gasteiger charge is -2.13. The predicted octanol–water partition coefficient (Wildman–Crippen LogP) is 0.501. The second-order valence-corrected chi connectivity index (χ2v) is 4.79. The van der Waals surface area contributed by atoms with E-state index in [1.165, 1.54) is 27.2 Å². The van der Waals surface area contributed by atoms with Gasteiger partial charge in [-0.3, -0.25) is 9.59 Å². The summed E-state index contributed by atoms with van der Waals surface area (Å²) in [6, 6.07) is 3.87. The first kappa shape index (κ1) is 19.3. The molecule has 0 bridgehead atoms. The molecule has 0 saturated heterocycles. The third-order valence-electron chi connectivity index (χ3n) is 3.07. The van der Waals surface area contributed by atoms with Crippen LogP contribution >= 0.6 is 0 Å². The summed E-state index contributed by atoms with van der Waals surface area (Å²) < 4.78 is 15.0. The lowest BCUT2D eigenvalue weighted by atomic mass is 10.2. The van der Waals surface area contributed by atoms with Gasteiger partial charge in [0, 0.05) is 5.56 Å². The maximum absolute atomic E-state index is 12.1. The summed E-state index contributed by atoms with van der Waals surface area (Å²) >= 11 is 0. The monoisotopic (exact) mass is 338 g/mol. The van der Waals surface area contributed by atoms with E-state index < -0.39 is 23.8 Å². The Morgan fingerprint density at radius 3 is 2.38 bits per heavy atom. The van der Waals surface area contributed by atoms with Gasteiger partial charge in [0.2, 0.25) is 5.91 Å². The minimum Gasteiger partial charge on any atom is -0.493 e. The standard InChI is InChI=1S/C16H22N2O6/c1-5-24-16(21)10(2)18-14(19)9-17-15(20)11-6-7-12(22-3)13(8-11)23-4/h6-8,10H,5,9H2,1-4H3,(H,17,20)(H,18,19). The Morgan fingerprint density at radius 2 is 1.79 bits per heavy atom. The molecule has 0 aliphatic carbocycles. The molecule has 2 amide bonds. The zero-order valence-electron chi connectivity index (χ0n) is 14.2. The molecule has 1 aromatic rings. The maximum Gasteiger partial charge on any atom is 0.328 e. The summed E-state index contributed by atoms with van der Waals surface area (Å²) in [6.07, 6.45) is 0. The van der Waals surface area contributed by atoms with Crippen LogP contribution in [0.1, 0.15) is 24.2 Å². The molecular weight excluding hydrogens is 316 g/mol. The molecule has 1 aromatic carbocycles. The van der Waals surface area contributed by atoms with Crippen LogP contribution in [-0.2, 0) is 14.3 Å². The minimum absolute atomic E-state index is 0.231. The second kappa shape index (κ2) is 9.39. The number of hydrogen-bond donors (Lipinski definition) is 2. The van der Waals surface area contributed by atoms with Crippen molar-refractivity contribution in [3.8, 4) is 11.5 Å². The van der Waals surface area contributed by atoms with Crippen LogP contribution in [0.15, 0.2) is 18.2 Å². The molecule has 24 heavy (non-hydrogen) atoms. The van der Waals surface area contributed by atoms with Gasteiger partial charge in [0.15, 0.2) is 11.5 Å². The van der Waals surface area contributed by atoms with E-state index in [1.54, 1.807) is 19.1 Å². The summed E-state index contributed by atoms with van der Waals surface area (Å²) in [7, 11) is 2.95. The van der Waals surface area contributed by atoms with Gasteiger partial charge in [-0.2, -0.15) is 0 Å². The molecule has 0 radical (unpaired) electrons. The highest BCUT2D eigenvalue weighted by molar-refractivity contribution is 5.97. The summed E-state index contributed by atoms with van der Waals surface area (Å²) in [5, 5.41) is 4.90. The van der Waals surface area contributed by atoms with Crippen molar-refractivity contribution in [2.24, 2.45) is 0 Å². The Kier molecular flexibility index (Phi) is 7.54. The number of esters is 1. The van der Waals surface area contributed by atoms with Crippen molar-refractivity contribution in [2.75, 3.05) is 27.4 Å². The minimum atomic E-state index is -0.782. The molecule has 8 nitrogen and oxygen atoms in total. The van der Waals surface area contributed by atoms with Crippen molar-refractivity contribution >= 4 is 17.8 Å². The lowest BCUT2D eigenvalue weighted by Crippen LogP contribution is -2.44. The number of ether oxygens (including phenoxy) is 3. The molecule has 132 valence electrons. The van der Waals surface area contributed by atoms with E-state index in [0.29, 0.717) is 17.1 Å². The molecule has 0 aliphatic rings. The Bertz CT molecular complexity index is 602. The normalized spacial score (nSPS) is 11.2. The largest absolute Gasteiger partial charge is 0.493 e. The van der Waals surface area contributed by atoms with Gasteiger partial charge in [-0.25, -0.2) is 4.79 Å². The van der Waals surface area contributed by atoms with E-state index in [2.05, 4.69) is 10.6 Å². The van der Waals surface area contributed by atoms with Crippen LogP contribution in [0.3, 0.4) is 0 Å². The molecule has 0 saturated carbocycles. The Morgan fingerprint density at radius 1 is 1.12 bits per heavy atom. The molecule has 0 aromatic heterocycles. The molecule has 2 N–H and O–H groups in total. The third-order valence-corrected chi connectivity index (χ3v) is 3.07. The Hall–Kier alpha value is -2.77. The first-order chi connectivity index (χ1) is 11.4. The van der Waals surface area contributed by atoms with Gasteiger partial charge in [0.25, 0.3) is 5.91 Å². The fourth-order valence-corrected chi connectivity index (χ4v) is 1.86. The lowest BCUT2D eigenvalue weighted by molar-refractivity contribution is -0.146. The first-order valence-corrected chi connectivity index (χ1v) is 7.39. The average Bonchev–Trinajstić information content (AvgIpc) is 2.59. The molecule has 1 unspecified atom stereocenters. The number of methoxy groups -OCH3 is 2. The van der Waals surface area contributed by atoms with Crippen molar-refractivity contribution < 1.29 is 28.6 Å². The average molecular weight is 338 g/mol. The van der Waals surface area contributed by atoms with Crippen molar-refractivity contribution in [1.82, 2.24) is 10.6 Å². The zero-order valence-corrected chi connectivity index (χ0v) is 14.2. The SMILES string of the molecule is CCOC(=O)C(C)NC(=O)CNC(=O)c1ccc(OC)c(OC)c1. The van der Waals surface area contributed by atoms with Crippen LogP contribution in [-0.4, -0.2) is 51.2 Å². The second-order valence-electron chi connectivity index (χ2n) is 4.79. The molecule has 0 aliphatic heterocycles. The van der Waals surface area contributed by atoms with Crippen molar-refractivity contribution in [2.45, 2.75) is 19.9 Å². The van der Waals surface area contributed by atoms with Crippen LogP contribution in [0.5, 0.6) is 11.5 Å². The van der Waals surface area contributed by atoms with Gasteiger partial charge in [-0.05, 0) is 32.0 Å². The van der Waals surface area contributed by atoms with E-state index in [0.717, 1.165) is 0 Å². The molecule has 0 fully saturated rings. The smallest absolute Gasteiger partial charge is 0.328 e. The number of carbonyl (C=O) groups is 3. The van der Waals surface area contributed by atoms with Gasteiger partial charge >= 0.3 is 5.97 Å². The van der Waals surface area contributed by atoms with Crippen molar-refractivity contribution in [3.63, 3.8) is 0 Å². The fourth-order valence-electron chi connectivity index (χ4n) is 1.86. The maximum atomic E-state index is 12.1. The molecule has 0 heterocycles. The van der Waals surface area contributed by atoms with Crippen LogP contribution < -0.4 is 20.1 Å². The van der Waals surface area contributed by atoms with E-state index in [9.17, 15) is 14.4 Å². The number of hydrogen-bond acceptors (Lipinski definition) is 6. The predicted molar refractivity (Wildman–Crippen MR) is 86.1 cm³/mol. The molecule has 1 rings (SSSR count). The highest BCUT2D eigenvalue weighted by atomic mass is 16.5. The van der Waals surface area contributed by atoms with Crippen LogP contribution in [0.25, 0.3) is 0 Å². The number of rotatable bonds is 8. The summed E-state index contributed by atoms with van der Waals surface area (Å²) in [4.78, 5) is 35.2. The third kappa shape index (κ3) is 5.45. The van der Waals surface area contributed by atoms with Crippen LogP contribution in [0, 0.1) is 0 Å². The van der Waals surface area contributed by atoms with Crippen molar-refractivity contribution in [1.29, 1.82) is 0 Å². The molecule has 0 spiro atoms. The van der Waals surface area contributed by atoms with Gasteiger partial charge in [0.05, 0.1) is 27.4 Å². The van der Waals surface area contributed by atoms with E-state index in [1.807, 2.05) is 0 Å². The van der Waals surface area contributed by atoms with Gasteiger partial charge < -0.3 is 24.8 Å². The number of amides is 2. The fraction of sp³-hybridized carbons (Fsp3) is 0.438. The number of nitrogens with one attached hydrogen (secondary N) is 2. The Balaban J connectivity index is 2.56. The van der Waals surface area contributed by atoms with Gasteiger partial charge in [-0.15, -0.1) is 0 Å². The molecule has 1 atom stereocenters. The van der Waals surface area contributed by atoms with Gasteiger partial charge in [0.1, 0.15) is 6.04 Å². The Labute approximate surface area is 140 Å². The van der Waals surface area contributed by atoms with Crippen LogP contribution in [0.2, 0.25) is 0 Å². The summed E-state index contributed by atoms with van der Waals surface area (Å²) in [5.74, 6) is -0.572. The molecule has 8 heteroatoms. The first-order valence-electron chi connectivity index (χ1n) is 7.39. The zero-order chi connectivity index (χ0) is 18.1. The van der Waals surface area contributed by atoms with E-state index in [4.69, 9.17) is 14.2 Å². The highest BCUT2D eigenvalue weighted by Crippen LogP contribution is 2.27. The van der Waals surface area contributed by atoms with E-state index in [-0.39, 0.29) is 13.2 Å². The highest BCUT2D eigenvalue weighted by Gasteiger charge is 2.17. The van der Waals surface area contributed by atoms with Crippen LogP contribution in [0.4, 0.5) is 0 Å². The summed E-state index contributed by atoms with van der Waals surface area (Å²) in [6.45, 7) is 3.15. The van der Waals surface area contributed by atoms with E-state index >= 15 is 0 Å². The van der Waals surface area contributed by atoms with Crippen molar-refractivity contribution in [3.05, 3.63) is 23.8 Å². The number of benzene rings is 1.